The second-order valence-electron chi connectivity index (χ2n) is 4.81. The van der Waals surface area contributed by atoms with Gasteiger partial charge >= 0.3 is 0 Å². The lowest BCUT2D eigenvalue weighted by atomic mass is 10.1. The molecule has 1 aromatic carbocycles. The van der Waals surface area contributed by atoms with E-state index in [0.717, 1.165) is 5.56 Å². The predicted octanol–water partition coefficient (Wildman–Crippen LogP) is 0.300. The monoisotopic (exact) mass is 320 g/mol. The van der Waals surface area contributed by atoms with Crippen LogP contribution >= 0.6 is 11.6 Å². The van der Waals surface area contributed by atoms with Gasteiger partial charge in [0, 0.05) is 24.3 Å². The summed E-state index contributed by atoms with van der Waals surface area (Å²) in [6, 6.07) is 7.01. The molecule has 0 bridgehead atoms. The molecule has 0 aliphatic carbocycles. The number of benzene rings is 1. The highest BCUT2D eigenvalue weighted by Crippen LogP contribution is 2.27. The molecule has 1 aromatic rings. The summed E-state index contributed by atoms with van der Waals surface area (Å²) in [7, 11) is 1.32. The van der Waals surface area contributed by atoms with Gasteiger partial charge in [0.05, 0.1) is 5.70 Å². The first-order chi connectivity index (χ1) is 10.4. The summed E-state index contributed by atoms with van der Waals surface area (Å²) in [5.41, 5.74) is 7.81. The van der Waals surface area contributed by atoms with Crippen molar-refractivity contribution in [2.24, 2.45) is 5.73 Å². The van der Waals surface area contributed by atoms with Crippen LogP contribution in [0, 0.1) is 0 Å². The molecule has 0 aromatic heterocycles. The molecule has 0 fully saturated rings. The van der Waals surface area contributed by atoms with Crippen molar-refractivity contribution in [2.75, 3.05) is 7.11 Å². The molecule has 7 nitrogen and oxygen atoms in total. The van der Waals surface area contributed by atoms with Crippen molar-refractivity contribution < 1.29 is 14.3 Å². The summed E-state index contributed by atoms with van der Waals surface area (Å²) in [5, 5.41) is 4.83. The van der Waals surface area contributed by atoms with Gasteiger partial charge in [0.15, 0.2) is 0 Å². The van der Waals surface area contributed by atoms with E-state index in [9.17, 15) is 9.59 Å². The van der Waals surface area contributed by atoms with E-state index in [4.69, 9.17) is 22.1 Å². The molecule has 3 rings (SSSR count). The van der Waals surface area contributed by atoms with Gasteiger partial charge in [-0.3, -0.25) is 9.59 Å². The Balaban J connectivity index is 1.96. The van der Waals surface area contributed by atoms with Crippen molar-refractivity contribution in [3.8, 4) is 0 Å². The van der Waals surface area contributed by atoms with Crippen molar-refractivity contribution in [1.29, 1.82) is 0 Å². The van der Waals surface area contributed by atoms with Crippen molar-refractivity contribution in [3.63, 3.8) is 0 Å². The molecule has 1 atom stereocenters. The van der Waals surface area contributed by atoms with E-state index in [1.165, 1.54) is 24.3 Å². The minimum absolute atomic E-state index is 0.352. The largest absolute Gasteiger partial charge is 0.366 e. The molecule has 2 amide bonds. The Kier molecular flexibility index (Phi) is 3.40. The summed E-state index contributed by atoms with van der Waals surface area (Å²) in [4.78, 5) is 23.8. The molecule has 0 spiro atoms. The molecule has 22 heavy (non-hydrogen) atoms. The summed E-state index contributed by atoms with van der Waals surface area (Å²) in [6.07, 6.45) is 2.83. The van der Waals surface area contributed by atoms with E-state index < -0.39 is 11.6 Å². The third-order valence-electron chi connectivity index (χ3n) is 3.45. The van der Waals surface area contributed by atoms with E-state index in [2.05, 4.69) is 10.7 Å². The van der Waals surface area contributed by atoms with Crippen LogP contribution in [0.5, 0.6) is 0 Å². The smallest absolute Gasteiger partial charge is 0.271 e. The molecular formula is C14H13ClN4O3. The normalized spacial score (nSPS) is 23.5. The summed E-state index contributed by atoms with van der Waals surface area (Å²) >= 11 is 5.86. The van der Waals surface area contributed by atoms with E-state index in [1.54, 1.807) is 24.3 Å². The van der Waals surface area contributed by atoms with E-state index in [1.807, 2.05) is 0 Å². The maximum Gasteiger partial charge on any atom is 0.271 e. The number of rotatable bonds is 3. The topological polar surface area (TPSA) is 96.7 Å². The van der Waals surface area contributed by atoms with E-state index in [-0.39, 0.29) is 5.91 Å². The van der Waals surface area contributed by atoms with Gasteiger partial charge in [-0.15, -0.1) is 0 Å². The Morgan fingerprint density at radius 3 is 2.64 bits per heavy atom. The Morgan fingerprint density at radius 1 is 1.36 bits per heavy atom. The number of carbonyl (C=O) groups excluding carboxylic acids is 2. The fourth-order valence-electron chi connectivity index (χ4n) is 2.26. The third-order valence-corrected chi connectivity index (χ3v) is 3.70. The maximum absolute atomic E-state index is 12.2. The number of methoxy groups -OCH3 is 1. The number of halogens is 1. The SMILES string of the molecule is COC1(C(N)=O)C=C2NC(c3ccc(Cl)cc3)=CC(=O)N2N1. The lowest BCUT2D eigenvalue weighted by molar-refractivity contribution is -0.145. The molecule has 114 valence electrons. The maximum atomic E-state index is 12.2. The van der Waals surface area contributed by atoms with Crippen LogP contribution in [0.25, 0.3) is 5.70 Å². The Labute approximate surface area is 131 Å². The Morgan fingerprint density at radius 2 is 2.05 bits per heavy atom. The highest BCUT2D eigenvalue weighted by molar-refractivity contribution is 6.30. The van der Waals surface area contributed by atoms with Crippen LogP contribution in [0.2, 0.25) is 5.02 Å². The Bertz CT molecular complexity index is 713. The van der Waals surface area contributed by atoms with Crippen LogP contribution < -0.4 is 16.5 Å². The number of hydrogen-bond donors (Lipinski definition) is 3. The first kappa shape index (κ1) is 14.6. The first-order valence-corrected chi connectivity index (χ1v) is 6.77. The molecule has 2 aliphatic heterocycles. The zero-order valence-corrected chi connectivity index (χ0v) is 12.3. The number of hydrogen-bond acceptors (Lipinski definition) is 5. The van der Waals surface area contributed by atoms with Gasteiger partial charge in [-0.1, -0.05) is 23.7 Å². The number of nitrogens with zero attached hydrogens (tertiary/aromatic N) is 1. The second kappa shape index (κ2) is 5.13. The van der Waals surface area contributed by atoms with Gasteiger partial charge in [0.2, 0.25) is 5.72 Å². The molecule has 2 aliphatic rings. The standard InChI is InChI=1S/C14H13ClN4O3/c1-22-14(13(16)21)7-11-17-10(6-12(20)19(11)18-14)8-2-4-9(15)5-3-8/h2-7,17-18H,1H3,(H2,16,21). The van der Waals surface area contributed by atoms with Crippen molar-refractivity contribution in [1.82, 2.24) is 15.8 Å². The van der Waals surface area contributed by atoms with Crippen LogP contribution in [0.3, 0.4) is 0 Å². The van der Waals surface area contributed by atoms with Crippen molar-refractivity contribution >= 4 is 29.1 Å². The van der Waals surface area contributed by atoms with E-state index in [0.29, 0.717) is 16.5 Å². The van der Waals surface area contributed by atoms with Gasteiger partial charge in [-0.2, -0.15) is 5.43 Å². The number of carbonyl (C=O) groups is 2. The lowest BCUT2D eigenvalue weighted by Crippen LogP contribution is -2.58. The average molecular weight is 321 g/mol. The lowest BCUT2D eigenvalue weighted by Gasteiger charge is -2.28. The first-order valence-electron chi connectivity index (χ1n) is 6.40. The van der Waals surface area contributed by atoms with Crippen molar-refractivity contribution in [3.05, 3.63) is 52.8 Å². The molecule has 0 radical (unpaired) electrons. The van der Waals surface area contributed by atoms with Crippen LogP contribution in [-0.2, 0) is 14.3 Å². The third kappa shape index (κ3) is 2.25. The molecular weight excluding hydrogens is 308 g/mol. The molecule has 0 saturated heterocycles. The van der Waals surface area contributed by atoms with Gasteiger partial charge < -0.3 is 15.8 Å². The van der Waals surface area contributed by atoms with Gasteiger partial charge in [-0.25, -0.2) is 5.01 Å². The zero-order chi connectivity index (χ0) is 15.9. The molecule has 0 saturated carbocycles. The summed E-state index contributed by atoms with van der Waals surface area (Å²) < 4.78 is 5.12. The average Bonchev–Trinajstić information content (AvgIpc) is 2.89. The van der Waals surface area contributed by atoms with Crippen LogP contribution in [-0.4, -0.2) is 29.7 Å². The fraction of sp³-hybridized carbons (Fsp3) is 0.143. The second-order valence-corrected chi connectivity index (χ2v) is 5.25. The highest BCUT2D eigenvalue weighted by atomic mass is 35.5. The minimum atomic E-state index is -1.55. The molecule has 4 N–H and O–H groups in total. The van der Waals surface area contributed by atoms with E-state index >= 15 is 0 Å². The molecule has 8 heteroatoms. The fourth-order valence-corrected chi connectivity index (χ4v) is 2.39. The Hall–Kier alpha value is -2.35. The molecule has 1 unspecified atom stereocenters. The van der Waals surface area contributed by atoms with Gasteiger partial charge in [0.1, 0.15) is 5.82 Å². The van der Waals surface area contributed by atoms with Crippen LogP contribution in [0.4, 0.5) is 0 Å². The zero-order valence-electron chi connectivity index (χ0n) is 11.6. The van der Waals surface area contributed by atoms with Gasteiger partial charge in [0.25, 0.3) is 11.8 Å². The number of hydrazine groups is 1. The number of ether oxygens (including phenoxy) is 1. The number of primary amides is 1. The highest BCUT2D eigenvalue weighted by Gasteiger charge is 2.46. The quantitative estimate of drug-likeness (QED) is 0.744. The summed E-state index contributed by atoms with van der Waals surface area (Å²) in [5.74, 6) is -0.729. The number of nitrogens with two attached hydrogens (primary N) is 1. The summed E-state index contributed by atoms with van der Waals surface area (Å²) in [6.45, 7) is 0. The minimum Gasteiger partial charge on any atom is -0.366 e. The van der Waals surface area contributed by atoms with Gasteiger partial charge in [-0.05, 0) is 17.7 Å². The molecule has 2 heterocycles. The number of amides is 2. The number of nitrogens with one attached hydrogen (secondary N) is 2. The van der Waals surface area contributed by atoms with Crippen LogP contribution in [0.1, 0.15) is 5.56 Å². The number of fused-ring (bicyclic) bond motifs is 1. The van der Waals surface area contributed by atoms with Crippen molar-refractivity contribution in [2.45, 2.75) is 5.72 Å². The van der Waals surface area contributed by atoms with Crippen LogP contribution in [0.15, 0.2) is 42.2 Å². The predicted molar refractivity (Wildman–Crippen MR) is 79.6 cm³/mol.